The predicted molar refractivity (Wildman–Crippen MR) is 154 cm³/mol. The van der Waals surface area contributed by atoms with E-state index in [-0.39, 0.29) is 30.6 Å². The molecule has 0 aromatic heterocycles. The van der Waals surface area contributed by atoms with Crippen LogP contribution in [0.25, 0.3) is 6.08 Å². The number of carbonyl (C=O) groups is 3. The number of phenolic OH excluding ortho intramolecular Hbond substituents is 1. The molecule has 0 saturated carbocycles. The Morgan fingerprint density at radius 2 is 1.77 bits per heavy atom. The smallest absolute Gasteiger partial charge is 0.338 e. The molecule has 1 heterocycles. The fourth-order valence-corrected chi connectivity index (χ4v) is 4.72. The third-order valence-electron chi connectivity index (χ3n) is 5.48. The fraction of sp³-hybridized carbons (Fsp3) is 0.138. The fourth-order valence-electron chi connectivity index (χ4n) is 3.63. The summed E-state index contributed by atoms with van der Waals surface area (Å²) in [7, 11) is 0. The van der Waals surface area contributed by atoms with Crippen molar-refractivity contribution in [1.29, 1.82) is 0 Å². The molecule has 4 rings (SSSR count). The quantitative estimate of drug-likeness (QED) is 0.220. The topological polar surface area (TPSA) is 121 Å². The molecule has 1 aliphatic heterocycles. The van der Waals surface area contributed by atoms with E-state index in [9.17, 15) is 19.5 Å². The molecule has 1 aliphatic rings. The first-order chi connectivity index (χ1) is 18.9. The van der Waals surface area contributed by atoms with E-state index < -0.39 is 11.2 Å². The normalized spacial score (nSPS) is 16.3. The molecule has 2 amide bonds. The number of nitrogens with zero attached hydrogens (tertiary/aromatic N) is 3. The zero-order valence-electron chi connectivity index (χ0n) is 21.1. The summed E-state index contributed by atoms with van der Waals surface area (Å²) in [6.07, 6.45) is 5.03. The van der Waals surface area contributed by atoms with Gasteiger partial charge in [0.25, 0.3) is 0 Å². The molecule has 198 valence electrons. The van der Waals surface area contributed by atoms with Crippen LogP contribution in [0.2, 0.25) is 0 Å². The molecule has 9 nitrogen and oxygen atoms in total. The van der Waals surface area contributed by atoms with Gasteiger partial charge in [0.2, 0.25) is 11.8 Å². The standard InChI is InChI=1S/C29H26N4O5S/c1-2-38-28(37)21-10-12-22(13-11-21)31-26(35)19-25-27(36)33(23-14-16-24(34)17-15-23)29(39-25)32-30-18-6-9-20-7-4-3-5-8-20/h3-18,25,34H,2,19H2,1H3,(H,31,35)/b9-6+,30-18+,32-29+. The predicted octanol–water partition coefficient (Wildman–Crippen LogP) is 5.10. The maximum Gasteiger partial charge on any atom is 0.338 e. The first-order valence-electron chi connectivity index (χ1n) is 12.1. The lowest BCUT2D eigenvalue weighted by Crippen LogP contribution is -2.33. The number of amidine groups is 1. The number of benzene rings is 3. The van der Waals surface area contributed by atoms with Gasteiger partial charge in [-0.3, -0.25) is 14.5 Å². The van der Waals surface area contributed by atoms with Gasteiger partial charge in [-0.25, -0.2) is 4.79 Å². The second kappa shape index (κ2) is 13.2. The van der Waals surface area contributed by atoms with Gasteiger partial charge < -0.3 is 15.2 Å². The lowest BCUT2D eigenvalue weighted by molar-refractivity contribution is -0.121. The minimum Gasteiger partial charge on any atom is -0.508 e. The van der Waals surface area contributed by atoms with E-state index in [0.717, 1.165) is 17.3 Å². The van der Waals surface area contributed by atoms with Crippen LogP contribution in [0.1, 0.15) is 29.3 Å². The van der Waals surface area contributed by atoms with Gasteiger partial charge in [-0.1, -0.05) is 48.2 Å². The maximum atomic E-state index is 13.3. The Bertz CT molecular complexity index is 1400. The number of amides is 2. The van der Waals surface area contributed by atoms with Crippen LogP contribution in [0.15, 0.2) is 95.1 Å². The minimum atomic E-state index is -0.730. The van der Waals surface area contributed by atoms with Crippen LogP contribution in [0, 0.1) is 0 Å². The van der Waals surface area contributed by atoms with Crippen LogP contribution in [0.4, 0.5) is 11.4 Å². The summed E-state index contributed by atoms with van der Waals surface area (Å²) in [5, 5.41) is 20.3. The van der Waals surface area contributed by atoms with Gasteiger partial charge in [0.1, 0.15) is 11.0 Å². The summed E-state index contributed by atoms with van der Waals surface area (Å²) >= 11 is 1.14. The molecule has 10 heteroatoms. The second-order valence-electron chi connectivity index (χ2n) is 8.26. The molecule has 3 aromatic carbocycles. The average molecular weight is 543 g/mol. The lowest BCUT2D eigenvalue weighted by atomic mass is 10.2. The van der Waals surface area contributed by atoms with Gasteiger partial charge in [-0.05, 0) is 67.1 Å². The van der Waals surface area contributed by atoms with E-state index in [1.54, 1.807) is 49.4 Å². The Morgan fingerprint density at radius 1 is 1.05 bits per heavy atom. The van der Waals surface area contributed by atoms with E-state index in [1.165, 1.54) is 23.2 Å². The van der Waals surface area contributed by atoms with Crippen molar-refractivity contribution in [2.24, 2.45) is 10.2 Å². The van der Waals surface area contributed by atoms with Gasteiger partial charge >= 0.3 is 5.97 Å². The second-order valence-corrected chi connectivity index (χ2v) is 9.43. The van der Waals surface area contributed by atoms with E-state index in [4.69, 9.17) is 4.74 Å². The molecular weight excluding hydrogens is 516 g/mol. The molecule has 2 N–H and O–H groups in total. The number of ether oxygens (including phenoxy) is 1. The molecule has 0 bridgehead atoms. The molecule has 0 aliphatic carbocycles. The van der Waals surface area contributed by atoms with Crippen molar-refractivity contribution in [2.75, 3.05) is 16.8 Å². The minimum absolute atomic E-state index is 0.0607. The van der Waals surface area contributed by atoms with Crippen molar-refractivity contribution in [2.45, 2.75) is 18.6 Å². The number of thioether (sulfide) groups is 1. The highest BCUT2D eigenvalue weighted by molar-refractivity contribution is 8.16. The number of aromatic hydroxyl groups is 1. The Kier molecular flexibility index (Phi) is 9.25. The first-order valence-corrected chi connectivity index (χ1v) is 13.0. The number of carbonyl (C=O) groups excluding carboxylic acids is 3. The molecule has 1 saturated heterocycles. The van der Waals surface area contributed by atoms with E-state index in [1.807, 2.05) is 36.4 Å². The van der Waals surface area contributed by atoms with Crippen molar-refractivity contribution in [1.82, 2.24) is 0 Å². The van der Waals surface area contributed by atoms with E-state index in [0.29, 0.717) is 22.1 Å². The van der Waals surface area contributed by atoms with Gasteiger partial charge in [0.15, 0.2) is 5.17 Å². The molecule has 1 atom stereocenters. The number of allylic oxidation sites excluding steroid dienone is 1. The summed E-state index contributed by atoms with van der Waals surface area (Å²) in [5.74, 6) is -1.08. The summed E-state index contributed by atoms with van der Waals surface area (Å²) in [6, 6.07) is 22.2. The average Bonchev–Trinajstić information content (AvgIpc) is 3.24. The van der Waals surface area contributed by atoms with Crippen LogP contribution in [0.5, 0.6) is 5.75 Å². The molecule has 0 radical (unpaired) electrons. The molecule has 0 spiro atoms. The Balaban J connectivity index is 1.45. The van der Waals surface area contributed by atoms with Crippen LogP contribution >= 0.6 is 11.8 Å². The van der Waals surface area contributed by atoms with E-state index in [2.05, 4.69) is 15.5 Å². The maximum absolute atomic E-state index is 13.3. The van der Waals surface area contributed by atoms with Crippen molar-refractivity contribution in [3.63, 3.8) is 0 Å². The molecular formula is C29H26N4O5S. The number of hydrogen-bond donors (Lipinski definition) is 2. The lowest BCUT2D eigenvalue weighted by Gasteiger charge is -2.15. The molecule has 39 heavy (non-hydrogen) atoms. The Labute approximate surface area is 229 Å². The monoisotopic (exact) mass is 542 g/mol. The Hall–Kier alpha value is -4.70. The van der Waals surface area contributed by atoms with Crippen LogP contribution < -0.4 is 10.2 Å². The van der Waals surface area contributed by atoms with Crippen molar-refractivity contribution < 1.29 is 24.2 Å². The number of esters is 1. The Morgan fingerprint density at radius 3 is 2.46 bits per heavy atom. The zero-order chi connectivity index (χ0) is 27.6. The molecule has 1 unspecified atom stereocenters. The van der Waals surface area contributed by atoms with Crippen molar-refractivity contribution >= 4 is 58.4 Å². The summed E-state index contributed by atoms with van der Waals surface area (Å²) in [4.78, 5) is 39.3. The van der Waals surface area contributed by atoms with Crippen LogP contribution in [-0.2, 0) is 14.3 Å². The number of nitrogens with one attached hydrogen (secondary N) is 1. The highest BCUT2D eigenvalue weighted by Crippen LogP contribution is 2.34. The highest BCUT2D eigenvalue weighted by atomic mass is 32.2. The first kappa shape index (κ1) is 27.3. The van der Waals surface area contributed by atoms with E-state index >= 15 is 0 Å². The van der Waals surface area contributed by atoms with Gasteiger partial charge in [0.05, 0.1) is 17.9 Å². The number of rotatable bonds is 9. The summed E-state index contributed by atoms with van der Waals surface area (Å²) < 4.78 is 4.96. The van der Waals surface area contributed by atoms with Gasteiger partial charge in [0, 0.05) is 18.3 Å². The molecule has 1 fully saturated rings. The van der Waals surface area contributed by atoms with Gasteiger partial charge in [-0.15, -0.1) is 5.10 Å². The number of hydrogen-bond acceptors (Lipinski definition) is 8. The summed E-state index contributed by atoms with van der Waals surface area (Å²) in [6.45, 7) is 2.00. The van der Waals surface area contributed by atoms with Crippen molar-refractivity contribution in [3.8, 4) is 5.75 Å². The highest BCUT2D eigenvalue weighted by Gasteiger charge is 2.40. The summed E-state index contributed by atoms with van der Waals surface area (Å²) in [5.41, 5.74) is 2.37. The van der Waals surface area contributed by atoms with Crippen LogP contribution in [-0.4, -0.2) is 46.1 Å². The SMILES string of the molecule is CCOC(=O)c1ccc(NC(=O)CC2S/C(=N/N=C/C=C/c3ccccc3)N(c3ccc(O)cc3)C2=O)cc1. The number of anilines is 2. The third-order valence-corrected chi connectivity index (χ3v) is 6.61. The van der Waals surface area contributed by atoms with Crippen LogP contribution in [0.3, 0.4) is 0 Å². The zero-order valence-corrected chi connectivity index (χ0v) is 21.9. The molecule has 3 aromatic rings. The van der Waals surface area contributed by atoms with Gasteiger partial charge in [-0.2, -0.15) is 5.10 Å². The van der Waals surface area contributed by atoms with Crippen molar-refractivity contribution in [3.05, 3.63) is 96.1 Å². The largest absolute Gasteiger partial charge is 0.508 e. The third kappa shape index (κ3) is 7.42. The number of phenols is 1.